The molecule has 2 heterocycles. The van der Waals surface area contributed by atoms with E-state index in [-0.39, 0.29) is 17.5 Å². The Hall–Kier alpha value is -1.69. The molecule has 1 aliphatic rings. The molecular weight excluding hydrogens is 286 g/mol. The Labute approximate surface area is 127 Å². The summed E-state index contributed by atoms with van der Waals surface area (Å²) < 4.78 is 1.45. The molecule has 1 amide bonds. The molecule has 0 spiro atoms. The maximum absolute atomic E-state index is 12.7. The van der Waals surface area contributed by atoms with Crippen molar-refractivity contribution < 1.29 is 4.79 Å². The molecule has 1 aliphatic carbocycles. The molecule has 3 rings (SSSR count). The van der Waals surface area contributed by atoms with Gasteiger partial charge in [0.1, 0.15) is 4.83 Å². The van der Waals surface area contributed by atoms with Gasteiger partial charge in [0.25, 0.3) is 11.5 Å². The molecule has 5 nitrogen and oxygen atoms in total. The third kappa shape index (κ3) is 2.27. The second-order valence-electron chi connectivity index (χ2n) is 5.89. The van der Waals surface area contributed by atoms with E-state index in [0.717, 1.165) is 5.56 Å². The molecule has 1 unspecified atom stereocenters. The Morgan fingerprint density at radius 3 is 2.81 bits per heavy atom. The van der Waals surface area contributed by atoms with Gasteiger partial charge < -0.3 is 9.47 Å². The van der Waals surface area contributed by atoms with Gasteiger partial charge in [-0.2, -0.15) is 0 Å². The van der Waals surface area contributed by atoms with Gasteiger partial charge in [0, 0.05) is 20.1 Å². The lowest BCUT2D eigenvalue weighted by Crippen LogP contribution is -2.36. The molecule has 1 atom stereocenters. The van der Waals surface area contributed by atoms with Gasteiger partial charge in [0.05, 0.1) is 16.6 Å². The van der Waals surface area contributed by atoms with Crippen molar-refractivity contribution in [3.05, 3.63) is 27.1 Å². The minimum absolute atomic E-state index is 0.00282. The van der Waals surface area contributed by atoms with Crippen molar-refractivity contribution in [3.8, 4) is 0 Å². The fourth-order valence-electron chi connectivity index (χ4n) is 2.65. The molecule has 1 saturated carbocycles. The van der Waals surface area contributed by atoms with Crippen molar-refractivity contribution in [1.82, 2.24) is 14.5 Å². The number of nitrogens with zero attached hydrogens (tertiary/aromatic N) is 3. The largest absolute Gasteiger partial charge is 0.338 e. The van der Waals surface area contributed by atoms with Gasteiger partial charge in [-0.05, 0) is 38.2 Å². The van der Waals surface area contributed by atoms with E-state index in [9.17, 15) is 9.59 Å². The number of fused-ring (bicyclic) bond motifs is 1. The number of hydrogen-bond donors (Lipinski definition) is 0. The van der Waals surface area contributed by atoms with Crippen molar-refractivity contribution >= 4 is 27.5 Å². The minimum atomic E-state index is -0.0919. The van der Waals surface area contributed by atoms with Crippen LogP contribution in [0, 0.1) is 12.8 Å². The van der Waals surface area contributed by atoms with Gasteiger partial charge in [-0.15, -0.1) is 11.3 Å². The SMILES string of the molecule is Cc1c(C(=O)N(C)C(C)C2CC2)sc2ncn(C)c(=O)c12. The molecule has 0 bridgehead atoms. The Morgan fingerprint density at radius 2 is 2.19 bits per heavy atom. The van der Waals surface area contributed by atoms with Crippen LogP contribution in [0.2, 0.25) is 0 Å². The van der Waals surface area contributed by atoms with E-state index in [4.69, 9.17) is 0 Å². The molecule has 0 aliphatic heterocycles. The highest BCUT2D eigenvalue weighted by molar-refractivity contribution is 7.20. The van der Waals surface area contributed by atoms with Crippen LogP contribution in [-0.4, -0.2) is 33.4 Å². The van der Waals surface area contributed by atoms with E-state index >= 15 is 0 Å². The molecule has 0 aromatic carbocycles. The number of carbonyl (C=O) groups is 1. The maximum atomic E-state index is 12.7. The highest BCUT2D eigenvalue weighted by Crippen LogP contribution is 2.36. The van der Waals surface area contributed by atoms with Crippen molar-refractivity contribution in [3.63, 3.8) is 0 Å². The maximum Gasteiger partial charge on any atom is 0.264 e. The fraction of sp³-hybridized carbons (Fsp3) is 0.533. The van der Waals surface area contributed by atoms with Crippen LogP contribution in [0.3, 0.4) is 0 Å². The molecule has 0 saturated heterocycles. The standard InChI is InChI=1S/C15H19N3O2S/c1-8-11-13(16-7-17(3)14(11)19)21-12(8)15(20)18(4)9(2)10-5-6-10/h7,9-10H,5-6H2,1-4H3. The zero-order chi connectivity index (χ0) is 15.3. The Balaban J connectivity index is 2.04. The van der Waals surface area contributed by atoms with Crippen LogP contribution in [-0.2, 0) is 7.05 Å². The monoisotopic (exact) mass is 305 g/mol. The van der Waals surface area contributed by atoms with Crippen LogP contribution in [0.4, 0.5) is 0 Å². The summed E-state index contributed by atoms with van der Waals surface area (Å²) in [5, 5.41) is 0.570. The molecule has 0 N–H and O–H groups in total. The molecule has 21 heavy (non-hydrogen) atoms. The van der Waals surface area contributed by atoms with Crippen molar-refractivity contribution in [2.75, 3.05) is 7.05 Å². The molecule has 112 valence electrons. The van der Waals surface area contributed by atoms with E-state index < -0.39 is 0 Å². The minimum Gasteiger partial charge on any atom is -0.338 e. The Morgan fingerprint density at radius 1 is 1.52 bits per heavy atom. The summed E-state index contributed by atoms with van der Waals surface area (Å²) >= 11 is 1.32. The van der Waals surface area contributed by atoms with Crippen LogP contribution in [0.25, 0.3) is 10.2 Å². The summed E-state index contributed by atoms with van der Waals surface area (Å²) in [6.07, 6.45) is 3.91. The third-order valence-corrected chi connectivity index (χ3v) is 5.63. The second-order valence-corrected chi connectivity index (χ2v) is 6.89. The second kappa shape index (κ2) is 4.94. The van der Waals surface area contributed by atoms with Gasteiger partial charge in [-0.25, -0.2) is 4.98 Å². The van der Waals surface area contributed by atoms with E-state index in [1.165, 1.54) is 35.1 Å². The molecule has 6 heteroatoms. The number of rotatable bonds is 3. The number of hydrogen-bond acceptors (Lipinski definition) is 4. The molecule has 1 fully saturated rings. The van der Waals surface area contributed by atoms with Crippen molar-refractivity contribution in [1.29, 1.82) is 0 Å². The van der Waals surface area contributed by atoms with Crippen molar-refractivity contribution in [2.45, 2.75) is 32.7 Å². The summed E-state index contributed by atoms with van der Waals surface area (Å²) in [6, 6.07) is 0.248. The van der Waals surface area contributed by atoms with E-state index in [0.29, 0.717) is 21.0 Å². The first kappa shape index (κ1) is 14.3. The Bertz CT molecular complexity index is 773. The van der Waals surface area contributed by atoms with Gasteiger partial charge in [-0.1, -0.05) is 0 Å². The summed E-state index contributed by atoms with van der Waals surface area (Å²) in [4.78, 5) is 32.3. The van der Waals surface area contributed by atoms with Gasteiger partial charge in [0.2, 0.25) is 0 Å². The first-order valence-corrected chi connectivity index (χ1v) is 7.95. The van der Waals surface area contributed by atoms with E-state index in [1.807, 2.05) is 14.0 Å². The molecule has 2 aromatic heterocycles. The zero-order valence-corrected chi connectivity index (χ0v) is 13.5. The lowest BCUT2D eigenvalue weighted by atomic mass is 10.1. The highest BCUT2D eigenvalue weighted by atomic mass is 32.1. The first-order valence-electron chi connectivity index (χ1n) is 7.13. The average Bonchev–Trinajstić information content (AvgIpc) is 3.25. The zero-order valence-electron chi connectivity index (χ0n) is 12.7. The number of aromatic nitrogens is 2. The summed E-state index contributed by atoms with van der Waals surface area (Å²) in [6.45, 7) is 3.93. The van der Waals surface area contributed by atoms with Crippen LogP contribution in [0.15, 0.2) is 11.1 Å². The fourth-order valence-corrected chi connectivity index (χ4v) is 3.77. The third-order valence-electron chi connectivity index (χ3n) is 4.44. The van der Waals surface area contributed by atoms with Gasteiger partial charge in [-0.3, -0.25) is 9.59 Å². The normalized spacial score (nSPS) is 16.2. The van der Waals surface area contributed by atoms with Crippen molar-refractivity contribution in [2.24, 2.45) is 13.0 Å². The van der Waals surface area contributed by atoms with Gasteiger partial charge in [0.15, 0.2) is 0 Å². The number of aryl methyl sites for hydroxylation is 2. The molecular formula is C15H19N3O2S. The Kier molecular flexibility index (Phi) is 3.36. The van der Waals surface area contributed by atoms with Gasteiger partial charge >= 0.3 is 0 Å². The highest BCUT2D eigenvalue weighted by Gasteiger charge is 2.33. The summed E-state index contributed by atoms with van der Waals surface area (Å²) in [5.41, 5.74) is 0.661. The lowest BCUT2D eigenvalue weighted by Gasteiger charge is -2.24. The summed E-state index contributed by atoms with van der Waals surface area (Å²) in [7, 11) is 3.52. The number of carbonyl (C=O) groups excluding carboxylic acids is 1. The van der Waals surface area contributed by atoms with Crippen LogP contribution < -0.4 is 5.56 Å². The van der Waals surface area contributed by atoms with E-state index in [2.05, 4.69) is 11.9 Å². The summed E-state index contributed by atoms with van der Waals surface area (Å²) in [5.74, 6) is 0.622. The van der Waals surface area contributed by atoms with Crippen LogP contribution in [0.5, 0.6) is 0 Å². The predicted molar refractivity (Wildman–Crippen MR) is 83.9 cm³/mol. The first-order chi connectivity index (χ1) is 9.91. The quantitative estimate of drug-likeness (QED) is 0.873. The van der Waals surface area contributed by atoms with Crippen LogP contribution >= 0.6 is 11.3 Å². The number of thiophene rings is 1. The smallest absolute Gasteiger partial charge is 0.264 e. The average molecular weight is 305 g/mol. The predicted octanol–water partition coefficient (Wildman–Crippen LogP) is 2.17. The van der Waals surface area contributed by atoms with E-state index in [1.54, 1.807) is 11.9 Å². The lowest BCUT2D eigenvalue weighted by molar-refractivity contribution is 0.0731. The molecule has 0 radical (unpaired) electrons. The number of amides is 1. The van der Waals surface area contributed by atoms with Crippen LogP contribution in [0.1, 0.15) is 35.0 Å². The topological polar surface area (TPSA) is 55.2 Å². The molecule has 2 aromatic rings.